The maximum atomic E-state index is 11.9. The second-order valence-electron chi connectivity index (χ2n) is 7.75. The standard InChI is InChI=1S/C27H31NO4/c1-4-10-24-27(30)23(15-16-26(29)31-5-2)19(3)25(28-24)18-20-11-9-14-22(17-20)32-21-12-7-6-8-13-21/h6-9,11-14,17,30H,4-5,10,15-16,18H2,1-3H3. The molecule has 3 aromatic rings. The molecule has 32 heavy (non-hydrogen) atoms. The van der Waals surface area contributed by atoms with Gasteiger partial charge in [0.15, 0.2) is 0 Å². The van der Waals surface area contributed by atoms with Gasteiger partial charge in [0.25, 0.3) is 0 Å². The Morgan fingerprint density at radius 3 is 2.44 bits per heavy atom. The fraction of sp³-hybridized carbons (Fsp3) is 0.333. The van der Waals surface area contributed by atoms with Crippen molar-refractivity contribution in [1.29, 1.82) is 0 Å². The molecule has 168 valence electrons. The molecule has 0 amide bonds. The molecular weight excluding hydrogens is 402 g/mol. The topological polar surface area (TPSA) is 68.7 Å². The molecule has 0 spiro atoms. The molecule has 2 aromatic carbocycles. The number of aryl methyl sites for hydroxylation is 1. The lowest BCUT2D eigenvalue weighted by Gasteiger charge is -2.17. The van der Waals surface area contributed by atoms with Gasteiger partial charge >= 0.3 is 5.97 Å². The number of aromatic hydroxyl groups is 1. The largest absolute Gasteiger partial charge is 0.506 e. The molecule has 0 aliphatic carbocycles. The van der Waals surface area contributed by atoms with E-state index in [9.17, 15) is 9.90 Å². The predicted molar refractivity (Wildman–Crippen MR) is 125 cm³/mol. The second-order valence-corrected chi connectivity index (χ2v) is 7.75. The van der Waals surface area contributed by atoms with Crippen LogP contribution in [0.15, 0.2) is 54.6 Å². The summed E-state index contributed by atoms with van der Waals surface area (Å²) in [4.78, 5) is 16.7. The Balaban J connectivity index is 1.86. The summed E-state index contributed by atoms with van der Waals surface area (Å²) in [6, 6.07) is 17.6. The Bertz CT molecular complexity index is 1050. The van der Waals surface area contributed by atoms with E-state index >= 15 is 0 Å². The van der Waals surface area contributed by atoms with Crippen LogP contribution >= 0.6 is 0 Å². The molecule has 3 rings (SSSR count). The van der Waals surface area contributed by atoms with Gasteiger partial charge in [-0.15, -0.1) is 0 Å². The first-order valence-corrected chi connectivity index (χ1v) is 11.2. The maximum Gasteiger partial charge on any atom is 0.306 e. The highest BCUT2D eigenvalue weighted by molar-refractivity contribution is 5.70. The van der Waals surface area contributed by atoms with Crippen LogP contribution in [-0.2, 0) is 28.8 Å². The summed E-state index contributed by atoms with van der Waals surface area (Å²) in [5, 5.41) is 10.8. The summed E-state index contributed by atoms with van der Waals surface area (Å²) in [6.07, 6.45) is 2.84. The van der Waals surface area contributed by atoms with Crippen LogP contribution in [0, 0.1) is 6.92 Å². The highest BCUT2D eigenvalue weighted by Gasteiger charge is 2.18. The number of benzene rings is 2. The lowest BCUT2D eigenvalue weighted by molar-refractivity contribution is -0.143. The number of hydrogen-bond acceptors (Lipinski definition) is 5. The van der Waals surface area contributed by atoms with Crippen molar-refractivity contribution in [3.8, 4) is 17.2 Å². The van der Waals surface area contributed by atoms with Crippen LogP contribution in [0.4, 0.5) is 0 Å². The van der Waals surface area contributed by atoms with E-state index in [4.69, 9.17) is 14.5 Å². The minimum atomic E-state index is -0.257. The van der Waals surface area contributed by atoms with E-state index in [1.165, 1.54) is 0 Å². The van der Waals surface area contributed by atoms with E-state index in [-0.39, 0.29) is 18.1 Å². The van der Waals surface area contributed by atoms with Gasteiger partial charge in [-0.05, 0) is 62.1 Å². The molecule has 0 aliphatic rings. The Morgan fingerprint density at radius 2 is 1.72 bits per heavy atom. The normalized spacial score (nSPS) is 10.7. The Hall–Kier alpha value is -3.34. The molecule has 0 saturated carbocycles. The summed E-state index contributed by atoms with van der Waals surface area (Å²) in [5.74, 6) is 1.50. The van der Waals surface area contributed by atoms with Crippen molar-refractivity contribution in [2.24, 2.45) is 0 Å². The highest BCUT2D eigenvalue weighted by Crippen LogP contribution is 2.31. The van der Waals surface area contributed by atoms with E-state index in [0.717, 1.165) is 40.3 Å². The van der Waals surface area contributed by atoms with Crippen molar-refractivity contribution in [2.45, 2.75) is 52.9 Å². The monoisotopic (exact) mass is 433 g/mol. The zero-order chi connectivity index (χ0) is 22.9. The van der Waals surface area contributed by atoms with Crippen molar-refractivity contribution < 1.29 is 19.4 Å². The number of ether oxygens (including phenoxy) is 2. The third kappa shape index (κ3) is 6.10. The lowest BCUT2D eigenvalue weighted by Crippen LogP contribution is -2.09. The van der Waals surface area contributed by atoms with E-state index in [1.807, 2.05) is 61.5 Å². The molecule has 0 fully saturated rings. The first kappa shape index (κ1) is 23.3. The van der Waals surface area contributed by atoms with Crippen molar-refractivity contribution in [1.82, 2.24) is 4.98 Å². The number of esters is 1. The molecule has 5 heteroatoms. The summed E-state index contributed by atoms with van der Waals surface area (Å²) in [7, 11) is 0. The van der Waals surface area contributed by atoms with Gasteiger partial charge in [0.1, 0.15) is 17.2 Å². The van der Waals surface area contributed by atoms with E-state index in [1.54, 1.807) is 6.92 Å². The van der Waals surface area contributed by atoms with E-state index in [0.29, 0.717) is 31.6 Å². The average molecular weight is 434 g/mol. The summed E-state index contributed by atoms with van der Waals surface area (Å²) in [6.45, 7) is 6.17. The SMILES string of the molecule is CCCc1nc(Cc2cccc(Oc3ccccc3)c2)c(C)c(CCC(=O)OCC)c1O. The fourth-order valence-electron chi connectivity index (χ4n) is 3.71. The molecule has 5 nitrogen and oxygen atoms in total. The van der Waals surface area contributed by atoms with Crippen molar-refractivity contribution in [3.05, 3.63) is 82.7 Å². The molecule has 0 saturated heterocycles. The van der Waals surface area contributed by atoms with Crippen LogP contribution in [0.1, 0.15) is 54.8 Å². The molecule has 0 radical (unpaired) electrons. The molecule has 0 bridgehead atoms. The number of carbonyl (C=O) groups excluding carboxylic acids is 1. The van der Waals surface area contributed by atoms with Gasteiger partial charge < -0.3 is 14.6 Å². The zero-order valence-corrected chi connectivity index (χ0v) is 19.1. The van der Waals surface area contributed by atoms with Crippen LogP contribution in [0.3, 0.4) is 0 Å². The number of aromatic nitrogens is 1. The summed E-state index contributed by atoms with van der Waals surface area (Å²) in [5.41, 5.74) is 4.35. The van der Waals surface area contributed by atoms with Gasteiger partial charge in [0.2, 0.25) is 0 Å². The Morgan fingerprint density at radius 1 is 0.969 bits per heavy atom. The minimum Gasteiger partial charge on any atom is -0.506 e. The summed E-state index contributed by atoms with van der Waals surface area (Å²) < 4.78 is 11.0. The number of para-hydroxylation sites is 1. The van der Waals surface area contributed by atoms with Crippen LogP contribution in [0.5, 0.6) is 17.2 Å². The highest BCUT2D eigenvalue weighted by atomic mass is 16.5. The first-order chi connectivity index (χ1) is 15.5. The van der Waals surface area contributed by atoms with Crippen LogP contribution in [0.25, 0.3) is 0 Å². The van der Waals surface area contributed by atoms with Crippen LogP contribution < -0.4 is 4.74 Å². The van der Waals surface area contributed by atoms with Gasteiger partial charge in [-0.25, -0.2) is 0 Å². The van der Waals surface area contributed by atoms with Crippen LogP contribution in [0.2, 0.25) is 0 Å². The summed E-state index contributed by atoms with van der Waals surface area (Å²) >= 11 is 0. The Labute approximate surface area is 190 Å². The van der Waals surface area contributed by atoms with Gasteiger partial charge in [0.05, 0.1) is 12.3 Å². The fourth-order valence-corrected chi connectivity index (χ4v) is 3.71. The number of carbonyl (C=O) groups is 1. The molecule has 1 N–H and O–H groups in total. The molecule has 1 heterocycles. The number of rotatable bonds is 10. The molecule has 0 atom stereocenters. The number of nitrogens with zero attached hydrogens (tertiary/aromatic N) is 1. The average Bonchev–Trinajstić information content (AvgIpc) is 2.78. The first-order valence-electron chi connectivity index (χ1n) is 11.2. The van der Waals surface area contributed by atoms with Gasteiger partial charge in [-0.2, -0.15) is 0 Å². The second kappa shape index (κ2) is 11.3. The van der Waals surface area contributed by atoms with E-state index < -0.39 is 0 Å². The third-order valence-corrected chi connectivity index (χ3v) is 5.33. The van der Waals surface area contributed by atoms with Gasteiger partial charge in [-0.1, -0.05) is 43.7 Å². The van der Waals surface area contributed by atoms with E-state index in [2.05, 4.69) is 6.92 Å². The number of pyridine rings is 1. The van der Waals surface area contributed by atoms with Crippen molar-refractivity contribution in [3.63, 3.8) is 0 Å². The lowest BCUT2D eigenvalue weighted by atomic mass is 9.96. The van der Waals surface area contributed by atoms with Crippen molar-refractivity contribution in [2.75, 3.05) is 6.61 Å². The molecule has 1 aromatic heterocycles. The number of hydrogen-bond donors (Lipinski definition) is 1. The van der Waals surface area contributed by atoms with Crippen molar-refractivity contribution >= 4 is 5.97 Å². The predicted octanol–water partition coefficient (Wildman–Crippen LogP) is 5.93. The zero-order valence-electron chi connectivity index (χ0n) is 19.1. The molecule has 0 aliphatic heterocycles. The maximum absolute atomic E-state index is 11.9. The third-order valence-electron chi connectivity index (χ3n) is 5.33. The molecular formula is C27H31NO4. The molecule has 0 unspecified atom stereocenters. The minimum absolute atomic E-state index is 0.207. The quantitative estimate of drug-likeness (QED) is 0.402. The smallest absolute Gasteiger partial charge is 0.306 e. The van der Waals surface area contributed by atoms with Gasteiger partial charge in [-0.3, -0.25) is 9.78 Å². The van der Waals surface area contributed by atoms with Gasteiger partial charge in [0, 0.05) is 24.1 Å². The Kier molecular flexibility index (Phi) is 8.26. The van der Waals surface area contributed by atoms with Crippen LogP contribution in [-0.4, -0.2) is 22.7 Å².